The molecule has 0 aliphatic carbocycles. The average Bonchev–Trinajstić information content (AvgIpc) is 3.58. The number of fused-ring (bicyclic) bond motifs is 1. The molecule has 4 aromatic rings. The van der Waals surface area contributed by atoms with E-state index in [1.54, 1.807) is 36.0 Å². The molecular formula is C34H38ClFN8O3. The zero-order chi connectivity index (χ0) is 32.5. The summed E-state index contributed by atoms with van der Waals surface area (Å²) in [4.78, 5) is 43.9. The van der Waals surface area contributed by atoms with Gasteiger partial charge in [-0.25, -0.2) is 9.37 Å². The highest BCUT2D eigenvalue weighted by Gasteiger charge is 2.27. The minimum absolute atomic E-state index is 0.0564. The number of hydrogen-bond acceptors (Lipinski definition) is 9. The normalized spacial score (nSPS) is 19.0. The first-order valence-electron chi connectivity index (χ1n) is 16.3. The van der Waals surface area contributed by atoms with Gasteiger partial charge in [-0.2, -0.15) is 4.98 Å². The first-order valence-corrected chi connectivity index (χ1v) is 16.6. The van der Waals surface area contributed by atoms with Crippen molar-refractivity contribution < 1.29 is 13.9 Å². The molecule has 11 nitrogen and oxygen atoms in total. The number of nitrogens with zero attached hydrogens (tertiary/aromatic N) is 6. The number of anilines is 3. The zero-order valence-corrected chi connectivity index (χ0v) is 27.1. The van der Waals surface area contributed by atoms with Gasteiger partial charge < -0.3 is 25.2 Å². The van der Waals surface area contributed by atoms with Gasteiger partial charge in [-0.1, -0.05) is 11.6 Å². The van der Waals surface area contributed by atoms with Crippen molar-refractivity contribution in [3.05, 3.63) is 69.5 Å². The number of aromatic nitrogens is 4. The van der Waals surface area contributed by atoms with Crippen LogP contribution in [0, 0.1) is 11.7 Å². The van der Waals surface area contributed by atoms with E-state index >= 15 is 4.39 Å². The third kappa shape index (κ3) is 6.67. The van der Waals surface area contributed by atoms with E-state index in [1.807, 2.05) is 21.9 Å². The second kappa shape index (κ2) is 13.5. The maximum atomic E-state index is 15.1. The molecule has 0 bridgehead atoms. The molecule has 6 heterocycles. The smallest absolute Gasteiger partial charge is 0.261 e. The number of halogens is 2. The number of benzene rings is 1. The second-order valence-electron chi connectivity index (χ2n) is 12.6. The van der Waals surface area contributed by atoms with Crippen molar-refractivity contribution in [2.45, 2.75) is 38.6 Å². The van der Waals surface area contributed by atoms with Gasteiger partial charge in [-0.15, -0.1) is 0 Å². The zero-order valence-electron chi connectivity index (χ0n) is 26.3. The molecule has 1 aromatic carbocycles. The van der Waals surface area contributed by atoms with E-state index in [-0.39, 0.29) is 35.1 Å². The van der Waals surface area contributed by atoms with Gasteiger partial charge in [-0.3, -0.25) is 19.1 Å². The number of ether oxygens (including phenoxy) is 1. The molecule has 1 amide bonds. The summed E-state index contributed by atoms with van der Waals surface area (Å²) in [5.41, 5.74) is 3.02. The van der Waals surface area contributed by atoms with Crippen molar-refractivity contribution in [1.29, 1.82) is 0 Å². The molecule has 1 unspecified atom stereocenters. The van der Waals surface area contributed by atoms with Crippen LogP contribution in [0.5, 0.6) is 0 Å². The molecule has 1 atom stereocenters. The number of rotatable bonds is 7. The minimum Gasteiger partial charge on any atom is -0.381 e. The van der Waals surface area contributed by atoms with E-state index in [9.17, 15) is 9.59 Å². The van der Waals surface area contributed by atoms with Gasteiger partial charge in [0.2, 0.25) is 11.9 Å². The van der Waals surface area contributed by atoms with Crippen LogP contribution in [0.4, 0.5) is 21.7 Å². The molecule has 0 radical (unpaired) electrons. The van der Waals surface area contributed by atoms with Crippen molar-refractivity contribution >= 4 is 45.9 Å². The lowest BCUT2D eigenvalue weighted by atomic mass is 9.99. The Morgan fingerprint density at radius 1 is 1.09 bits per heavy atom. The maximum absolute atomic E-state index is 15.1. The molecule has 2 N–H and O–H groups in total. The van der Waals surface area contributed by atoms with Crippen molar-refractivity contribution in [2.75, 3.05) is 62.7 Å². The van der Waals surface area contributed by atoms with Gasteiger partial charge in [-0.05, 0) is 61.1 Å². The summed E-state index contributed by atoms with van der Waals surface area (Å²) in [6, 6.07) is 8.63. The van der Waals surface area contributed by atoms with Crippen molar-refractivity contribution in [2.24, 2.45) is 5.92 Å². The lowest BCUT2D eigenvalue weighted by Gasteiger charge is -2.29. The molecule has 3 aromatic heterocycles. The fraction of sp³-hybridized carbons (Fsp3) is 0.441. The third-order valence-electron chi connectivity index (χ3n) is 9.49. The van der Waals surface area contributed by atoms with E-state index < -0.39 is 0 Å². The van der Waals surface area contributed by atoms with Crippen LogP contribution in [0.3, 0.4) is 0 Å². The number of nitrogens with one attached hydrogen (secondary N) is 2. The fourth-order valence-corrected chi connectivity index (χ4v) is 7.09. The van der Waals surface area contributed by atoms with Gasteiger partial charge in [0, 0.05) is 95.3 Å². The monoisotopic (exact) mass is 660 g/mol. The summed E-state index contributed by atoms with van der Waals surface area (Å²) in [5.74, 6) is 0.372. The molecule has 3 saturated heterocycles. The standard InChI is InChI=1S/C34H38ClFN8O3/c1-21(45)43-9-4-23(20-43)24-15-28(35)31(38-17-24)27-14-25-18-39-34(41-32(25)44(33(27)46)19-22-5-12-47-13-6-22)40-26-2-3-30(29(36)16-26)42-10-7-37-8-11-42/h2-3,14-18,22-23,37H,4-13,19-20H2,1H3,(H,39,40,41). The predicted octanol–water partition coefficient (Wildman–Crippen LogP) is 4.56. The molecular weight excluding hydrogens is 623 g/mol. The Hall–Kier alpha value is -4.13. The number of likely N-dealkylation sites (tertiary alicyclic amines) is 1. The summed E-state index contributed by atoms with van der Waals surface area (Å²) in [6.45, 7) is 7.77. The molecule has 0 saturated carbocycles. The van der Waals surface area contributed by atoms with Crippen LogP contribution in [-0.4, -0.2) is 82.8 Å². The van der Waals surface area contributed by atoms with E-state index in [1.165, 1.54) is 6.07 Å². The SMILES string of the molecule is CC(=O)N1CCC(c2cnc(-c3cc4cnc(Nc5ccc(N6CCNCC6)c(F)c5)nc4n(CC4CCOCC4)c3=O)c(Cl)c2)C1. The van der Waals surface area contributed by atoms with Crippen LogP contribution in [0.2, 0.25) is 5.02 Å². The molecule has 3 aliphatic rings. The Morgan fingerprint density at radius 3 is 2.62 bits per heavy atom. The number of piperazine rings is 1. The molecule has 47 heavy (non-hydrogen) atoms. The molecule has 246 valence electrons. The largest absolute Gasteiger partial charge is 0.381 e. The lowest BCUT2D eigenvalue weighted by Crippen LogP contribution is -2.43. The minimum atomic E-state index is -0.321. The van der Waals surface area contributed by atoms with E-state index in [0.717, 1.165) is 51.0 Å². The average molecular weight is 661 g/mol. The van der Waals surface area contributed by atoms with Gasteiger partial charge in [0.1, 0.15) is 11.5 Å². The Kier molecular flexibility index (Phi) is 9.07. The number of hydrogen-bond donors (Lipinski definition) is 2. The maximum Gasteiger partial charge on any atom is 0.261 e. The molecule has 7 rings (SSSR count). The van der Waals surface area contributed by atoms with Crippen LogP contribution in [0.25, 0.3) is 22.3 Å². The fourth-order valence-electron chi connectivity index (χ4n) is 6.81. The van der Waals surface area contributed by atoms with Crippen LogP contribution < -0.4 is 21.1 Å². The highest BCUT2D eigenvalue weighted by atomic mass is 35.5. The summed E-state index contributed by atoms with van der Waals surface area (Å²) in [7, 11) is 0. The summed E-state index contributed by atoms with van der Waals surface area (Å²) in [6.07, 6.45) is 5.93. The number of pyridine rings is 2. The van der Waals surface area contributed by atoms with Crippen LogP contribution in [0.15, 0.2) is 47.5 Å². The summed E-state index contributed by atoms with van der Waals surface area (Å²) in [5, 5.41) is 7.45. The molecule has 3 fully saturated rings. The topological polar surface area (TPSA) is 118 Å². The summed E-state index contributed by atoms with van der Waals surface area (Å²) >= 11 is 6.81. The van der Waals surface area contributed by atoms with Gasteiger partial charge in [0.05, 0.1) is 22.0 Å². The number of carbonyl (C=O) groups excluding carboxylic acids is 1. The third-order valence-corrected chi connectivity index (χ3v) is 9.78. The number of carbonyl (C=O) groups is 1. The van der Waals surface area contributed by atoms with Gasteiger partial charge in [0.25, 0.3) is 5.56 Å². The Morgan fingerprint density at radius 2 is 1.89 bits per heavy atom. The highest BCUT2D eigenvalue weighted by Crippen LogP contribution is 2.33. The van der Waals surface area contributed by atoms with Gasteiger partial charge in [0.15, 0.2) is 0 Å². The van der Waals surface area contributed by atoms with E-state index in [0.29, 0.717) is 71.5 Å². The predicted molar refractivity (Wildman–Crippen MR) is 180 cm³/mol. The second-order valence-corrected chi connectivity index (χ2v) is 13.0. The van der Waals surface area contributed by atoms with Crippen molar-refractivity contribution in [3.63, 3.8) is 0 Å². The Labute approximate surface area is 277 Å². The van der Waals surface area contributed by atoms with Crippen molar-refractivity contribution in [1.82, 2.24) is 29.7 Å². The van der Waals surface area contributed by atoms with Crippen LogP contribution >= 0.6 is 11.6 Å². The highest BCUT2D eigenvalue weighted by molar-refractivity contribution is 6.33. The quantitative estimate of drug-likeness (QED) is 0.294. The number of amides is 1. The first-order chi connectivity index (χ1) is 22.8. The van der Waals surface area contributed by atoms with Crippen LogP contribution in [0.1, 0.15) is 37.7 Å². The molecule has 0 spiro atoms. The first kappa shape index (κ1) is 31.5. The van der Waals surface area contributed by atoms with Crippen molar-refractivity contribution in [3.8, 4) is 11.3 Å². The van der Waals surface area contributed by atoms with E-state index in [4.69, 9.17) is 21.3 Å². The van der Waals surface area contributed by atoms with Crippen LogP contribution in [-0.2, 0) is 16.1 Å². The summed E-state index contributed by atoms with van der Waals surface area (Å²) < 4.78 is 22.4. The van der Waals surface area contributed by atoms with Gasteiger partial charge >= 0.3 is 0 Å². The molecule has 3 aliphatic heterocycles. The lowest BCUT2D eigenvalue weighted by molar-refractivity contribution is -0.127. The Balaban J connectivity index is 1.22. The Bertz CT molecular complexity index is 1860. The van der Waals surface area contributed by atoms with E-state index in [2.05, 4.69) is 20.6 Å². The molecule has 13 heteroatoms.